The van der Waals surface area contributed by atoms with E-state index in [0.717, 1.165) is 6.42 Å². The summed E-state index contributed by atoms with van der Waals surface area (Å²) in [6.45, 7) is 14.1. The van der Waals surface area contributed by atoms with Gasteiger partial charge in [0.1, 0.15) is 0 Å². The van der Waals surface area contributed by atoms with Gasteiger partial charge in [-0.25, -0.2) is 4.68 Å². The van der Waals surface area contributed by atoms with Crippen molar-refractivity contribution in [2.45, 2.75) is 58.8 Å². The molecule has 0 aliphatic heterocycles. The highest BCUT2D eigenvalue weighted by Gasteiger charge is 2.39. The van der Waals surface area contributed by atoms with E-state index in [1.54, 1.807) is 0 Å². The van der Waals surface area contributed by atoms with Crippen molar-refractivity contribution < 1.29 is 0 Å². The summed E-state index contributed by atoms with van der Waals surface area (Å²) >= 11 is 0. The van der Waals surface area contributed by atoms with E-state index in [9.17, 15) is 0 Å². The maximum Gasteiger partial charge on any atom is 0.0686 e. The molecule has 0 radical (unpaired) electrons. The summed E-state index contributed by atoms with van der Waals surface area (Å²) in [5, 5.41) is 4.59. The lowest BCUT2D eigenvalue weighted by Crippen LogP contribution is -2.30. The van der Waals surface area contributed by atoms with E-state index >= 15 is 0 Å². The van der Waals surface area contributed by atoms with Gasteiger partial charge in [-0.1, -0.05) is 65.8 Å². The number of aromatic nitrogens is 2. The molecule has 4 rings (SSSR count). The van der Waals surface area contributed by atoms with E-state index in [2.05, 4.69) is 89.2 Å². The van der Waals surface area contributed by atoms with Gasteiger partial charge < -0.3 is 0 Å². The van der Waals surface area contributed by atoms with Crippen molar-refractivity contribution >= 4 is 0 Å². The van der Waals surface area contributed by atoms with Gasteiger partial charge in [0.2, 0.25) is 0 Å². The molecule has 1 aliphatic carbocycles. The number of hydrogen-bond acceptors (Lipinski definition) is 1. The van der Waals surface area contributed by atoms with Crippen molar-refractivity contribution in [3.8, 4) is 16.8 Å². The molecule has 27 heavy (non-hydrogen) atoms. The fourth-order valence-electron chi connectivity index (χ4n) is 4.70. The van der Waals surface area contributed by atoms with Gasteiger partial charge in [-0.05, 0) is 63.8 Å². The van der Waals surface area contributed by atoms with Crippen molar-refractivity contribution in [1.82, 2.24) is 9.78 Å². The second-order valence-electron chi connectivity index (χ2n) is 8.96. The molecule has 0 amide bonds. The lowest BCUT2D eigenvalue weighted by Gasteiger charge is -2.36. The van der Waals surface area contributed by atoms with Gasteiger partial charge in [0.25, 0.3) is 0 Å². The third-order valence-corrected chi connectivity index (χ3v) is 7.08. The third-order valence-electron chi connectivity index (χ3n) is 7.08. The molecule has 2 heteroatoms. The zero-order valence-electron chi connectivity index (χ0n) is 17.4. The number of rotatable bonds is 4. The highest BCUT2D eigenvalue weighted by Crippen LogP contribution is 2.51. The normalized spacial score (nSPS) is 16.9. The Hall–Kier alpha value is -2.35. The Labute approximate surface area is 163 Å². The van der Waals surface area contributed by atoms with Gasteiger partial charge in [-0.2, -0.15) is 5.10 Å². The first-order chi connectivity index (χ1) is 12.8. The molecule has 0 spiro atoms. The molecule has 1 aromatic heterocycles. The predicted molar refractivity (Wildman–Crippen MR) is 114 cm³/mol. The van der Waals surface area contributed by atoms with Crippen LogP contribution >= 0.6 is 0 Å². The van der Waals surface area contributed by atoms with Crippen LogP contribution < -0.4 is 0 Å². The number of nitrogens with zero attached hydrogens (tertiary/aromatic N) is 2. The van der Waals surface area contributed by atoms with Crippen LogP contribution in [0.3, 0.4) is 0 Å². The van der Waals surface area contributed by atoms with Crippen LogP contribution in [0.25, 0.3) is 16.8 Å². The highest BCUT2D eigenvalue weighted by molar-refractivity contribution is 5.82. The maximum absolute atomic E-state index is 4.59. The molecule has 0 bridgehead atoms. The van der Waals surface area contributed by atoms with E-state index < -0.39 is 0 Å². The fourth-order valence-corrected chi connectivity index (χ4v) is 4.70. The van der Waals surface area contributed by atoms with E-state index in [-0.39, 0.29) is 10.8 Å². The molecular weight excluding hydrogens is 328 g/mol. The van der Waals surface area contributed by atoms with E-state index in [1.165, 1.54) is 33.5 Å². The molecule has 0 saturated carbocycles. The summed E-state index contributed by atoms with van der Waals surface area (Å²) < 4.78 is 2.05. The van der Waals surface area contributed by atoms with Crippen molar-refractivity contribution in [1.29, 1.82) is 0 Å². The smallest absolute Gasteiger partial charge is 0.0686 e. The van der Waals surface area contributed by atoms with Crippen molar-refractivity contribution in [3.05, 3.63) is 71.5 Å². The Morgan fingerprint density at radius 1 is 1.04 bits per heavy atom. The molecule has 1 aliphatic rings. The van der Waals surface area contributed by atoms with Gasteiger partial charge in [-0.3, -0.25) is 0 Å². The molecule has 3 aromatic rings. The summed E-state index contributed by atoms with van der Waals surface area (Å²) in [4.78, 5) is 0. The van der Waals surface area contributed by atoms with Gasteiger partial charge in [-0.15, -0.1) is 0 Å². The van der Waals surface area contributed by atoms with E-state index in [4.69, 9.17) is 0 Å². The molecule has 2 nitrogen and oxygen atoms in total. The van der Waals surface area contributed by atoms with Crippen molar-refractivity contribution in [2.75, 3.05) is 0 Å². The fraction of sp³-hybridized carbons (Fsp3) is 0.400. The molecule has 0 saturated heterocycles. The van der Waals surface area contributed by atoms with Crippen LogP contribution in [0.1, 0.15) is 64.7 Å². The lowest BCUT2D eigenvalue weighted by atomic mass is 9.69. The van der Waals surface area contributed by atoms with Crippen LogP contribution in [0.2, 0.25) is 0 Å². The molecule has 1 unspecified atom stereocenters. The first-order valence-corrected chi connectivity index (χ1v) is 10.1. The zero-order chi connectivity index (χ0) is 19.4. The van der Waals surface area contributed by atoms with Crippen LogP contribution in [0.5, 0.6) is 0 Å². The van der Waals surface area contributed by atoms with Crippen molar-refractivity contribution in [2.24, 2.45) is 5.92 Å². The maximum atomic E-state index is 4.59. The summed E-state index contributed by atoms with van der Waals surface area (Å²) in [5.41, 5.74) is 8.32. The van der Waals surface area contributed by atoms with E-state index in [0.29, 0.717) is 5.92 Å². The largest absolute Gasteiger partial charge is 0.241 e. The van der Waals surface area contributed by atoms with Crippen LogP contribution in [-0.2, 0) is 10.8 Å². The molecular formula is C25H30N2. The summed E-state index contributed by atoms with van der Waals surface area (Å²) in [5.74, 6) is 0.541. The van der Waals surface area contributed by atoms with Crippen LogP contribution in [-0.4, -0.2) is 9.78 Å². The minimum Gasteiger partial charge on any atom is -0.241 e. The summed E-state index contributed by atoms with van der Waals surface area (Å²) in [6, 6.07) is 15.7. The quantitative estimate of drug-likeness (QED) is 0.520. The first kappa shape index (κ1) is 18.0. The van der Waals surface area contributed by atoms with E-state index in [1.807, 2.05) is 16.9 Å². The van der Waals surface area contributed by atoms with Crippen molar-refractivity contribution in [3.63, 3.8) is 0 Å². The predicted octanol–water partition coefficient (Wildman–Crippen LogP) is 6.50. The average molecular weight is 359 g/mol. The number of benzene rings is 2. The Morgan fingerprint density at radius 2 is 1.78 bits per heavy atom. The molecule has 1 atom stereocenters. The Balaban J connectivity index is 2.07. The second kappa shape index (κ2) is 6.09. The Kier molecular flexibility index (Phi) is 4.06. The molecule has 1 heterocycles. The lowest BCUT2D eigenvalue weighted by molar-refractivity contribution is 0.325. The molecule has 0 fully saturated rings. The average Bonchev–Trinajstić information content (AvgIpc) is 3.27. The first-order valence-electron chi connectivity index (χ1n) is 10.1. The van der Waals surface area contributed by atoms with Gasteiger partial charge in [0.05, 0.1) is 5.69 Å². The SMILES string of the molecule is CCC(C)(c1cc2c(cc1-n1cccn1)C(C)(C)c1ccccc1-2)C(C)C. The van der Waals surface area contributed by atoms with Gasteiger partial charge >= 0.3 is 0 Å². The monoisotopic (exact) mass is 358 g/mol. The minimum atomic E-state index is 0.00675. The standard InChI is InChI=1S/C25H30N2/c1-7-25(6,17(2)3)22-15-19-18-11-8-9-12-20(18)24(4,5)21(19)16-23(22)27-14-10-13-26-27/h8-17H,7H2,1-6H3. The zero-order valence-corrected chi connectivity index (χ0v) is 17.4. The topological polar surface area (TPSA) is 17.8 Å². The van der Waals surface area contributed by atoms with Gasteiger partial charge in [0.15, 0.2) is 0 Å². The summed E-state index contributed by atoms with van der Waals surface area (Å²) in [7, 11) is 0. The van der Waals surface area contributed by atoms with Crippen LogP contribution in [0.4, 0.5) is 0 Å². The Bertz CT molecular complexity index is 980. The van der Waals surface area contributed by atoms with Crippen LogP contribution in [0.15, 0.2) is 54.9 Å². The van der Waals surface area contributed by atoms with Crippen LogP contribution in [0, 0.1) is 5.92 Å². The third kappa shape index (κ3) is 2.50. The second-order valence-corrected chi connectivity index (χ2v) is 8.96. The molecule has 0 N–H and O–H groups in total. The molecule has 140 valence electrons. The Morgan fingerprint density at radius 3 is 2.41 bits per heavy atom. The number of hydrogen-bond donors (Lipinski definition) is 0. The number of fused-ring (bicyclic) bond motifs is 3. The summed E-state index contributed by atoms with van der Waals surface area (Å²) in [6.07, 6.45) is 5.04. The van der Waals surface area contributed by atoms with Gasteiger partial charge in [0, 0.05) is 17.8 Å². The molecule has 2 aromatic carbocycles. The minimum absolute atomic E-state index is 0.00675. The highest BCUT2D eigenvalue weighted by atomic mass is 15.3.